The summed E-state index contributed by atoms with van der Waals surface area (Å²) in [6, 6.07) is 16.3. The van der Waals surface area contributed by atoms with Crippen LogP contribution < -0.4 is 15.5 Å². The Bertz CT molecular complexity index is 819. The average molecular weight is 383 g/mol. The van der Waals surface area contributed by atoms with E-state index in [1.807, 2.05) is 30.3 Å². The molecule has 2 N–H and O–H groups in total. The number of ether oxygens (including phenoxy) is 2. The van der Waals surface area contributed by atoms with Crippen LogP contribution in [0.15, 0.2) is 59.7 Å². The van der Waals surface area contributed by atoms with Crippen molar-refractivity contribution in [2.75, 3.05) is 20.3 Å². The molecule has 0 bridgehead atoms. The van der Waals surface area contributed by atoms with E-state index in [2.05, 4.69) is 20.6 Å². The summed E-state index contributed by atoms with van der Waals surface area (Å²) in [6.45, 7) is 0.173. The van der Waals surface area contributed by atoms with Crippen LogP contribution in [-0.4, -0.2) is 44.3 Å². The third-order valence-corrected chi connectivity index (χ3v) is 3.59. The molecule has 146 valence electrons. The maximum atomic E-state index is 11.7. The predicted octanol–water partition coefficient (Wildman–Crippen LogP) is 1.05. The molecule has 2 amide bonds. The van der Waals surface area contributed by atoms with Crippen molar-refractivity contribution in [3.8, 4) is 5.75 Å². The lowest BCUT2D eigenvalue weighted by atomic mass is 10.1. The number of hydrogen-bond acceptors (Lipinski definition) is 6. The highest BCUT2D eigenvalue weighted by molar-refractivity contribution is 6.35. The first-order valence-corrected chi connectivity index (χ1v) is 8.53. The summed E-state index contributed by atoms with van der Waals surface area (Å²) in [5.41, 5.74) is 3.91. The van der Waals surface area contributed by atoms with Gasteiger partial charge in [-0.15, -0.1) is 0 Å². The minimum absolute atomic E-state index is 0.181. The second kappa shape index (κ2) is 11.1. The first kappa shape index (κ1) is 20.6. The second-order valence-corrected chi connectivity index (χ2v) is 5.62. The molecule has 2 aromatic rings. The summed E-state index contributed by atoms with van der Waals surface area (Å²) < 4.78 is 9.70. The summed E-state index contributed by atoms with van der Waals surface area (Å²) in [4.78, 5) is 34.4. The Morgan fingerprint density at radius 1 is 1.00 bits per heavy atom. The monoisotopic (exact) mass is 383 g/mol. The topological polar surface area (TPSA) is 106 Å². The van der Waals surface area contributed by atoms with Crippen molar-refractivity contribution in [2.45, 2.75) is 6.42 Å². The van der Waals surface area contributed by atoms with E-state index in [1.54, 1.807) is 24.3 Å². The van der Waals surface area contributed by atoms with Gasteiger partial charge in [-0.25, -0.2) is 10.2 Å². The van der Waals surface area contributed by atoms with Crippen LogP contribution in [0.3, 0.4) is 0 Å². The van der Waals surface area contributed by atoms with Gasteiger partial charge in [0.15, 0.2) is 6.61 Å². The predicted molar refractivity (Wildman–Crippen MR) is 103 cm³/mol. The van der Waals surface area contributed by atoms with Gasteiger partial charge in [0.25, 0.3) is 0 Å². The number of hydrogen-bond donors (Lipinski definition) is 2. The summed E-state index contributed by atoms with van der Waals surface area (Å²) in [5, 5.41) is 6.28. The molecule has 0 spiro atoms. The molecular formula is C20H21N3O5. The van der Waals surface area contributed by atoms with Crippen LogP contribution in [-0.2, 0) is 25.5 Å². The van der Waals surface area contributed by atoms with E-state index >= 15 is 0 Å². The van der Waals surface area contributed by atoms with Gasteiger partial charge >= 0.3 is 17.8 Å². The fourth-order valence-corrected chi connectivity index (χ4v) is 2.11. The van der Waals surface area contributed by atoms with Crippen molar-refractivity contribution in [3.63, 3.8) is 0 Å². The number of benzene rings is 2. The standard InChI is InChI=1S/C20H21N3O5/c1-27-18(24)14-28-17-9-7-16(8-10-17)13-22-23-20(26)19(25)21-12-11-15-5-3-2-4-6-15/h2-10,13H,11-12,14H2,1H3,(H,21,25)(H,23,26)/b22-13-. The van der Waals surface area contributed by atoms with Crippen molar-refractivity contribution >= 4 is 24.0 Å². The van der Waals surface area contributed by atoms with E-state index < -0.39 is 17.8 Å². The molecule has 2 rings (SSSR count). The largest absolute Gasteiger partial charge is 0.482 e. The lowest BCUT2D eigenvalue weighted by Crippen LogP contribution is -2.38. The van der Waals surface area contributed by atoms with Crippen LogP contribution in [0.5, 0.6) is 5.75 Å². The normalized spacial score (nSPS) is 10.3. The minimum Gasteiger partial charge on any atom is -0.482 e. The van der Waals surface area contributed by atoms with E-state index in [0.29, 0.717) is 24.3 Å². The summed E-state index contributed by atoms with van der Waals surface area (Å²) >= 11 is 0. The van der Waals surface area contributed by atoms with Crippen LogP contribution in [0.4, 0.5) is 0 Å². The van der Waals surface area contributed by atoms with Gasteiger partial charge < -0.3 is 14.8 Å². The molecule has 0 radical (unpaired) electrons. The third-order valence-electron chi connectivity index (χ3n) is 3.59. The Morgan fingerprint density at radius 2 is 1.71 bits per heavy atom. The number of hydrazone groups is 1. The fourth-order valence-electron chi connectivity index (χ4n) is 2.11. The fraction of sp³-hybridized carbons (Fsp3) is 0.200. The lowest BCUT2D eigenvalue weighted by Gasteiger charge is -2.05. The molecule has 0 saturated carbocycles. The van der Waals surface area contributed by atoms with Gasteiger partial charge in [-0.05, 0) is 41.8 Å². The number of rotatable bonds is 8. The average Bonchev–Trinajstić information content (AvgIpc) is 2.73. The summed E-state index contributed by atoms with van der Waals surface area (Å²) in [5.74, 6) is -1.58. The lowest BCUT2D eigenvalue weighted by molar-refractivity contribution is -0.142. The van der Waals surface area contributed by atoms with Gasteiger partial charge in [0, 0.05) is 6.54 Å². The Balaban J connectivity index is 1.71. The smallest absolute Gasteiger partial charge is 0.343 e. The van der Waals surface area contributed by atoms with Gasteiger partial charge in [0.2, 0.25) is 0 Å². The molecule has 8 heteroatoms. The maximum Gasteiger partial charge on any atom is 0.343 e. The molecule has 8 nitrogen and oxygen atoms in total. The Kier molecular flexibility index (Phi) is 8.19. The van der Waals surface area contributed by atoms with E-state index in [-0.39, 0.29) is 6.61 Å². The molecule has 0 fully saturated rings. The van der Waals surface area contributed by atoms with E-state index in [9.17, 15) is 14.4 Å². The number of carbonyl (C=O) groups is 3. The molecule has 0 atom stereocenters. The second-order valence-electron chi connectivity index (χ2n) is 5.62. The van der Waals surface area contributed by atoms with Crippen LogP contribution in [0, 0.1) is 0 Å². The molecule has 2 aromatic carbocycles. The minimum atomic E-state index is -0.845. The molecule has 0 unspecified atom stereocenters. The van der Waals surface area contributed by atoms with Crippen LogP contribution in [0.1, 0.15) is 11.1 Å². The highest BCUT2D eigenvalue weighted by atomic mass is 16.6. The van der Waals surface area contributed by atoms with E-state index in [4.69, 9.17) is 4.74 Å². The zero-order chi connectivity index (χ0) is 20.2. The van der Waals surface area contributed by atoms with Crippen molar-refractivity contribution in [1.29, 1.82) is 0 Å². The molecule has 0 saturated heterocycles. The van der Waals surface area contributed by atoms with Gasteiger partial charge in [-0.1, -0.05) is 30.3 Å². The summed E-state index contributed by atoms with van der Waals surface area (Å²) in [6.07, 6.45) is 2.02. The molecular weight excluding hydrogens is 362 g/mol. The van der Waals surface area contributed by atoms with Gasteiger partial charge in [-0.2, -0.15) is 5.10 Å². The zero-order valence-corrected chi connectivity index (χ0v) is 15.4. The molecule has 0 aromatic heterocycles. The van der Waals surface area contributed by atoms with Crippen molar-refractivity contribution < 1.29 is 23.9 Å². The van der Waals surface area contributed by atoms with Gasteiger partial charge in [0.05, 0.1) is 13.3 Å². The van der Waals surface area contributed by atoms with Crippen LogP contribution in [0.2, 0.25) is 0 Å². The number of amides is 2. The Hall–Kier alpha value is -3.68. The zero-order valence-electron chi connectivity index (χ0n) is 15.4. The molecule has 0 aliphatic heterocycles. The van der Waals surface area contributed by atoms with E-state index in [1.165, 1.54) is 13.3 Å². The third kappa shape index (κ3) is 7.28. The van der Waals surface area contributed by atoms with Crippen molar-refractivity contribution in [1.82, 2.24) is 10.7 Å². The number of carbonyl (C=O) groups excluding carboxylic acids is 3. The van der Waals surface area contributed by atoms with Gasteiger partial charge in [-0.3, -0.25) is 9.59 Å². The van der Waals surface area contributed by atoms with Crippen molar-refractivity contribution in [2.24, 2.45) is 5.10 Å². The highest BCUT2D eigenvalue weighted by Gasteiger charge is 2.11. The van der Waals surface area contributed by atoms with E-state index in [0.717, 1.165) is 5.56 Å². The van der Waals surface area contributed by atoms with Gasteiger partial charge in [0.1, 0.15) is 5.75 Å². The first-order chi connectivity index (χ1) is 13.6. The van der Waals surface area contributed by atoms with Crippen molar-refractivity contribution in [3.05, 3.63) is 65.7 Å². The SMILES string of the molecule is COC(=O)COc1ccc(/C=N\NC(=O)C(=O)NCCc2ccccc2)cc1. The first-order valence-electron chi connectivity index (χ1n) is 8.53. The molecule has 0 aliphatic rings. The maximum absolute atomic E-state index is 11.7. The summed E-state index contributed by atoms with van der Waals surface area (Å²) in [7, 11) is 1.28. The highest BCUT2D eigenvalue weighted by Crippen LogP contribution is 2.11. The molecule has 0 heterocycles. The number of nitrogens with zero attached hydrogens (tertiary/aromatic N) is 1. The number of methoxy groups -OCH3 is 1. The number of nitrogens with one attached hydrogen (secondary N) is 2. The van der Waals surface area contributed by atoms with Crippen LogP contribution >= 0.6 is 0 Å². The molecule has 28 heavy (non-hydrogen) atoms. The van der Waals surface area contributed by atoms with Crippen LogP contribution in [0.25, 0.3) is 0 Å². The Morgan fingerprint density at radius 3 is 2.39 bits per heavy atom. The number of esters is 1. The quantitative estimate of drug-likeness (QED) is 0.307. The Labute approximate surface area is 162 Å². The molecule has 0 aliphatic carbocycles.